The van der Waals surface area contributed by atoms with E-state index in [9.17, 15) is 4.79 Å². The molecule has 2 aromatic carbocycles. The van der Waals surface area contributed by atoms with Crippen LogP contribution in [0.25, 0.3) is 10.8 Å². The maximum Gasteiger partial charge on any atom is 0.226 e. The normalized spacial score (nSPS) is 24.0. The minimum Gasteiger partial charge on any atom is -0.335 e. The molecule has 2 aromatic rings. The fourth-order valence-electron chi connectivity index (χ4n) is 4.81. The van der Waals surface area contributed by atoms with E-state index in [0.717, 1.165) is 38.8 Å². The van der Waals surface area contributed by atoms with Crippen molar-refractivity contribution in [3.8, 4) is 0 Å². The van der Waals surface area contributed by atoms with Gasteiger partial charge in [-0.05, 0) is 55.5 Å². The van der Waals surface area contributed by atoms with Crippen molar-refractivity contribution < 1.29 is 4.79 Å². The standard InChI is InChI=1S/C23H30N2O/c1-17-15-19(13-14-24-17)23(26)25(21-10-3-4-11-21)16-20-9-6-8-18-7-2-5-12-22(18)20/h2,5-9,12,17,19,21,24H,3-4,10-11,13-16H2,1H3/t17-,19-/m0/s1. The third kappa shape index (κ3) is 3.64. The van der Waals surface area contributed by atoms with Gasteiger partial charge in [0.25, 0.3) is 0 Å². The number of amides is 1. The zero-order valence-corrected chi connectivity index (χ0v) is 15.8. The minimum atomic E-state index is 0.182. The van der Waals surface area contributed by atoms with Crippen molar-refractivity contribution in [2.75, 3.05) is 6.54 Å². The summed E-state index contributed by atoms with van der Waals surface area (Å²) in [5.41, 5.74) is 1.28. The number of hydrogen-bond acceptors (Lipinski definition) is 2. The molecule has 138 valence electrons. The average Bonchev–Trinajstić information content (AvgIpc) is 3.20. The van der Waals surface area contributed by atoms with E-state index < -0.39 is 0 Å². The molecule has 1 heterocycles. The van der Waals surface area contributed by atoms with Gasteiger partial charge in [0.05, 0.1) is 0 Å². The summed E-state index contributed by atoms with van der Waals surface area (Å²) in [4.78, 5) is 15.7. The van der Waals surface area contributed by atoms with Crippen molar-refractivity contribution in [2.45, 2.75) is 64.1 Å². The molecule has 1 amide bonds. The van der Waals surface area contributed by atoms with Crippen LogP contribution < -0.4 is 5.32 Å². The summed E-state index contributed by atoms with van der Waals surface area (Å²) >= 11 is 0. The van der Waals surface area contributed by atoms with Gasteiger partial charge in [0, 0.05) is 24.5 Å². The molecule has 0 unspecified atom stereocenters. The summed E-state index contributed by atoms with van der Waals surface area (Å²) in [7, 11) is 0. The van der Waals surface area contributed by atoms with Gasteiger partial charge in [0.15, 0.2) is 0 Å². The van der Waals surface area contributed by atoms with Crippen LogP contribution in [0.2, 0.25) is 0 Å². The molecule has 3 nitrogen and oxygen atoms in total. The molecule has 4 rings (SSSR count). The van der Waals surface area contributed by atoms with Crippen molar-refractivity contribution in [1.29, 1.82) is 0 Å². The number of piperidine rings is 1. The zero-order valence-electron chi connectivity index (χ0n) is 15.8. The van der Waals surface area contributed by atoms with Crippen molar-refractivity contribution in [1.82, 2.24) is 10.2 Å². The third-order valence-electron chi connectivity index (χ3n) is 6.24. The highest BCUT2D eigenvalue weighted by Gasteiger charge is 2.33. The Bertz CT molecular complexity index is 760. The molecule has 2 fully saturated rings. The van der Waals surface area contributed by atoms with Crippen LogP contribution in [0.3, 0.4) is 0 Å². The number of carbonyl (C=O) groups is 1. The first kappa shape index (κ1) is 17.5. The monoisotopic (exact) mass is 350 g/mol. The molecule has 2 aliphatic rings. The molecule has 1 saturated heterocycles. The summed E-state index contributed by atoms with van der Waals surface area (Å²) in [5, 5.41) is 6.02. The molecule has 3 heteroatoms. The van der Waals surface area contributed by atoms with Crippen LogP contribution in [-0.2, 0) is 11.3 Å². The number of nitrogens with one attached hydrogen (secondary N) is 1. The van der Waals surface area contributed by atoms with E-state index in [1.165, 1.54) is 29.2 Å². The molecule has 2 atom stereocenters. The van der Waals surface area contributed by atoms with Crippen LogP contribution in [0.1, 0.15) is 51.0 Å². The summed E-state index contributed by atoms with van der Waals surface area (Å²) < 4.78 is 0. The van der Waals surface area contributed by atoms with E-state index in [1.807, 2.05) is 0 Å². The summed E-state index contributed by atoms with van der Waals surface area (Å²) in [5.74, 6) is 0.569. The fraction of sp³-hybridized carbons (Fsp3) is 0.522. The fourth-order valence-corrected chi connectivity index (χ4v) is 4.81. The van der Waals surface area contributed by atoms with Gasteiger partial charge < -0.3 is 10.2 Å². The third-order valence-corrected chi connectivity index (χ3v) is 6.24. The lowest BCUT2D eigenvalue weighted by atomic mass is 9.91. The summed E-state index contributed by atoms with van der Waals surface area (Å²) in [6, 6.07) is 15.9. The maximum absolute atomic E-state index is 13.5. The van der Waals surface area contributed by atoms with Crippen LogP contribution in [0.15, 0.2) is 42.5 Å². The van der Waals surface area contributed by atoms with E-state index in [4.69, 9.17) is 0 Å². The molecule has 0 radical (unpaired) electrons. The average molecular weight is 351 g/mol. The molecule has 1 aliphatic carbocycles. The van der Waals surface area contributed by atoms with Gasteiger partial charge in [-0.3, -0.25) is 4.79 Å². The molecule has 1 N–H and O–H groups in total. The van der Waals surface area contributed by atoms with Crippen LogP contribution in [-0.4, -0.2) is 29.4 Å². The number of hydrogen-bond donors (Lipinski definition) is 1. The van der Waals surface area contributed by atoms with Gasteiger partial charge in [-0.25, -0.2) is 0 Å². The van der Waals surface area contributed by atoms with Gasteiger partial charge in [-0.1, -0.05) is 55.3 Å². The molecular formula is C23H30N2O. The lowest BCUT2D eigenvalue weighted by molar-refractivity contribution is -0.139. The predicted octanol–water partition coefficient (Wildman–Crippen LogP) is 4.50. The van der Waals surface area contributed by atoms with E-state index in [1.54, 1.807) is 0 Å². The van der Waals surface area contributed by atoms with Gasteiger partial charge in [0.2, 0.25) is 5.91 Å². The van der Waals surface area contributed by atoms with Gasteiger partial charge in [0.1, 0.15) is 0 Å². The van der Waals surface area contributed by atoms with Crippen molar-refractivity contribution in [3.63, 3.8) is 0 Å². The second-order valence-corrected chi connectivity index (χ2v) is 8.12. The number of fused-ring (bicyclic) bond motifs is 1. The van der Waals surface area contributed by atoms with Crippen LogP contribution >= 0.6 is 0 Å². The zero-order chi connectivity index (χ0) is 17.9. The first-order valence-corrected chi connectivity index (χ1v) is 10.2. The van der Waals surface area contributed by atoms with Gasteiger partial charge >= 0.3 is 0 Å². The number of benzene rings is 2. The quantitative estimate of drug-likeness (QED) is 0.880. The Labute approximate surface area is 156 Å². The Kier molecular flexibility index (Phi) is 5.26. The smallest absolute Gasteiger partial charge is 0.226 e. The van der Waals surface area contributed by atoms with Crippen LogP contribution in [0.5, 0.6) is 0 Å². The SMILES string of the molecule is C[C@H]1C[C@@H](C(=O)N(Cc2cccc3ccccc23)C2CCCC2)CCN1. The van der Waals surface area contributed by atoms with Crippen molar-refractivity contribution in [2.24, 2.45) is 5.92 Å². The molecule has 1 aliphatic heterocycles. The van der Waals surface area contributed by atoms with E-state index in [0.29, 0.717) is 18.0 Å². The Morgan fingerprint density at radius 2 is 1.85 bits per heavy atom. The summed E-state index contributed by atoms with van der Waals surface area (Å²) in [6.07, 6.45) is 6.78. The molecule has 0 aromatic heterocycles. The highest BCUT2D eigenvalue weighted by molar-refractivity contribution is 5.86. The Balaban J connectivity index is 1.61. The summed E-state index contributed by atoms with van der Waals surface area (Å²) in [6.45, 7) is 3.91. The van der Waals surface area contributed by atoms with E-state index in [2.05, 4.69) is 59.6 Å². The topological polar surface area (TPSA) is 32.3 Å². The van der Waals surface area contributed by atoms with Gasteiger partial charge in [-0.2, -0.15) is 0 Å². The van der Waals surface area contributed by atoms with E-state index in [-0.39, 0.29) is 5.92 Å². The molecular weight excluding hydrogens is 320 g/mol. The maximum atomic E-state index is 13.5. The second-order valence-electron chi connectivity index (χ2n) is 8.12. The van der Waals surface area contributed by atoms with Crippen molar-refractivity contribution in [3.05, 3.63) is 48.0 Å². The lowest BCUT2D eigenvalue weighted by Crippen LogP contribution is -2.46. The first-order chi connectivity index (χ1) is 12.7. The van der Waals surface area contributed by atoms with E-state index >= 15 is 0 Å². The number of carbonyl (C=O) groups excluding carboxylic acids is 1. The number of nitrogens with zero attached hydrogens (tertiary/aromatic N) is 1. The van der Waals surface area contributed by atoms with Gasteiger partial charge in [-0.15, -0.1) is 0 Å². The number of rotatable bonds is 4. The molecule has 0 spiro atoms. The van der Waals surface area contributed by atoms with Crippen LogP contribution in [0.4, 0.5) is 0 Å². The molecule has 1 saturated carbocycles. The first-order valence-electron chi connectivity index (χ1n) is 10.2. The Hall–Kier alpha value is -1.87. The lowest BCUT2D eigenvalue weighted by Gasteiger charge is -2.35. The minimum absolute atomic E-state index is 0.182. The second kappa shape index (κ2) is 7.79. The highest BCUT2D eigenvalue weighted by atomic mass is 16.2. The molecule has 0 bridgehead atoms. The molecule has 26 heavy (non-hydrogen) atoms. The van der Waals surface area contributed by atoms with Crippen molar-refractivity contribution >= 4 is 16.7 Å². The Morgan fingerprint density at radius 1 is 1.08 bits per heavy atom. The predicted molar refractivity (Wildman–Crippen MR) is 107 cm³/mol. The highest BCUT2D eigenvalue weighted by Crippen LogP contribution is 2.30. The Morgan fingerprint density at radius 3 is 2.65 bits per heavy atom. The largest absolute Gasteiger partial charge is 0.335 e. The van der Waals surface area contributed by atoms with Crippen LogP contribution in [0, 0.1) is 5.92 Å².